The topological polar surface area (TPSA) is 52.9 Å². The van der Waals surface area contributed by atoms with Crippen LogP contribution in [0.15, 0.2) is 24.3 Å². The van der Waals surface area contributed by atoms with Gasteiger partial charge in [0.15, 0.2) is 0 Å². The van der Waals surface area contributed by atoms with Crippen LogP contribution in [-0.2, 0) is 11.3 Å². The minimum absolute atomic E-state index is 0.0759. The molecular weight excluding hydrogens is 273 g/mol. The molecule has 0 amide bonds. The first-order chi connectivity index (χ1) is 10.2. The number of benzene rings is 1. The Morgan fingerprint density at radius 3 is 2.71 bits per heavy atom. The van der Waals surface area contributed by atoms with Gasteiger partial charge in [0, 0.05) is 18.7 Å². The van der Waals surface area contributed by atoms with Gasteiger partial charge in [0.2, 0.25) is 0 Å². The molecule has 0 aromatic heterocycles. The molecule has 120 valence electrons. The quantitative estimate of drug-likeness (QED) is 0.654. The molecule has 0 fully saturated rings. The van der Waals surface area contributed by atoms with Gasteiger partial charge in [-0.1, -0.05) is 31.5 Å². The number of hydrogen-bond acceptors (Lipinski definition) is 4. The highest BCUT2D eigenvalue weighted by Crippen LogP contribution is 2.08. The van der Waals surface area contributed by atoms with E-state index in [4.69, 9.17) is 9.84 Å². The van der Waals surface area contributed by atoms with Gasteiger partial charge in [-0.25, -0.2) is 4.39 Å². The van der Waals surface area contributed by atoms with Gasteiger partial charge in [-0.05, 0) is 19.0 Å². The Labute approximate surface area is 126 Å². The predicted octanol–water partition coefficient (Wildman–Crippen LogP) is 1.80. The molecule has 1 aromatic carbocycles. The first kappa shape index (κ1) is 18.0. The normalized spacial score (nSPS) is 12.8. The smallest absolute Gasteiger partial charge is 0.128 e. The molecule has 1 aromatic rings. The van der Waals surface area contributed by atoms with Crippen LogP contribution >= 0.6 is 0 Å². The van der Waals surface area contributed by atoms with E-state index in [0.717, 1.165) is 19.4 Å². The van der Waals surface area contributed by atoms with Crippen molar-refractivity contribution in [3.05, 3.63) is 35.6 Å². The molecule has 5 heteroatoms. The third kappa shape index (κ3) is 7.52. The van der Waals surface area contributed by atoms with Crippen molar-refractivity contribution in [3.8, 4) is 0 Å². The number of aliphatic hydroxyl groups excluding tert-OH is 2. The summed E-state index contributed by atoms with van der Waals surface area (Å²) in [6.45, 7) is 4.34. The van der Waals surface area contributed by atoms with Crippen LogP contribution in [0.3, 0.4) is 0 Å². The van der Waals surface area contributed by atoms with Crippen molar-refractivity contribution in [1.29, 1.82) is 0 Å². The van der Waals surface area contributed by atoms with Crippen LogP contribution in [-0.4, -0.2) is 54.1 Å². The second-order valence-corrected chi connectivity index (χ2v) is 5.14. The maximum Gasteiger partial charge on any atom is 0.128 e. The molecule has 4 nitrogen and oxygen atoms in total. The Hall–Kier alpha value is -1.01. The summed E-state index contributed by atoms with van der Waals surface area (Å²) in [5, 5.41) is 19.0. The van der Waals surface area contributed by atoms with Crippen molar-refractivity contribution < 1.29 is 19.3 Å². The molecule has 0 saturated carbocycles. The lowest BCUT2D eigenvalue weighted by Crippen LogP contribution is -2.37. The van der Waals surface area contributed by atoms with E-state index < -0.39 is 6.10 Å². The van der Waals surface area contributed by atoms with Crippen LogP contribution in [0, 0.1) is 5.82 Å². The van der Waals surface area contributed by atoms with E-state index in [1.54, 1.807) is 18.2 Å². The fourth-order valence-corrected chi connectivity index (χ4v) is 2.09. The summed E-state index contributed by atoms with van der Waals surface area (Å²) >= 11 is 0. The molecule has 0 saturated heterocycles. The van der Waals surface area contributed by atoms with Crippen molar-refractivity contribution >= 4 is 0 Å². The number of unbranched alkanes of at least 4 members (excludes halogenated alkanes) is 1. The summed E-state index contributed by atoms with van der Waals surface area (Å²) in [5.41, 5.74) is 0.489. The summed E-state index contributed by atoms with van der Waals surface area (Å²) in [4.78, 5) is 2.01. The van der Waals surface area contributed by atoms with Crippen molar-refractivity contribution in [1.82, 2.24) is 4.90 Å². The zero-order valence-electron chi connectivity index (χ0n) is 12.7. The molecule has 1 rings (SSSR count). The van der Waals surface area contributed by atoms with Gasteiger partial charge in [-0.2, -0.15) is 0 Å². The fraction of sp³-hybridized carbons (Fsp3) is 0.625. The maximum absolute atomic E-state index is 13.4. The van der Waals surface area contributed by atoms with Crippen LogP contribution < -0.4 is 0 Å². The number of hydrogen-bond donors (Lipinski definition) is 2. The average molecular weight is 299 g/mol. The van der Waals surface area contributed by atoms with Gasteiger partial charge < -0.3 is 14.9 Å². The van der Waals surface area contributed by atoms with Crippen molar-refractivity contribution in [2.75, 3.05) is 32.8 Å². The SMILES string of the molecule is CCCCN(CCO)CC(O)COCc1ccccc1F. The van der Waals surface area contributed by atoms with Crippen molar-refractivity contribution in [3.63, 3.8) is 0 Å². The molecule has 0 aliphatic heterocycles. The highest BCUT2D eigenvalue weighted by molar-refractivity contribution is 5.16. The first-order valence-corrected chi connectivity index (χ1v) is 7.49. The molecule has 0 bridgehead atoms. The van der Waals surface area contributed by atoms with E-state index >= 15 is 0 Å². The van der Waals surface area contributed by atoms with E-state index in [0.29, 0.717) is 18.7 Å². The molecule has 0 radical (unpaired) electrons. The largest absolute Gasteiger partial charge is 0.395 e. The first-order valence-electron chi connectivity index (χ1n) is 7.49. The van der Waals surface area contributed by atoms with Crippen LogP contribution in [0.1, 0.15) is 25.3 Å². The Morgan fingerprint density at radius 1 is 1.29 bits per heavy atom. The number of halogens is 1. The van der Waals surface area contributed by atoms with Crippen LogP contribution in [0.4, 0.5) is 4.39 Å². The minimum Gasteiger partial charge on any atom is -0.395 e. The van der Waals surface area contributed by atoms with Crippen molar-refractivity contribution in [2.24, 2.45) is 0 Å². The lowest BCUT2D eigenvalue weighted by Gasteiger charge is -2.24. The Balaban J connectivity index is 2.28. The van der Waals surface area contributed by atoms with E-state index in [1.807, 2.05) is 4.90 Å². The summed E-state index contributed by atoms with van der Waals surface area (Å²) in [5.74, 6) is -0.295. The lowest BCUT2D eigenvalue weighted by molar-refractivity contribution is 0.00672. The summed E-state index contributed by atoms with van der Waals surface area (Å²) < 4.78 is 18.8. The second-order valence-electron chi connectivity index (χ2n) is 5.14. The number of ether oxygens (including phenoxy) is 1. The van der Waals surface area contributed by atoms with Crippen LogP contribution in [0.2, 0.25) is 0 Å². The summed E-state index contributed by atoms with van der Waals surface area (Å²) in [6, 6.07) is 6.45. The molecule has 0 aliphatic carbocycles. The average Bonchev–Trinajstić information content (AvgIpc) is 2.47. The second kappa shape index (κ2) is 10.7. The van der Waals surface area contributed by atoms with E-state index in [2.05, 4.69) is 6.92 Å². The van der Waals surface area contributed by atoms with Crippen LogP contribution in [0.25, 0.3) is 0 Å². The van der Waals surface area contributed by atoms with E-state index in [-0.39, 0.29) is 25.6 Å². The molecule has 1 unspecified atom stereocenters. The Bertz CT molecular complexity index is 390. The zero-order valence-corrected chi connectivity index (χ0v) is 12.7. The summed E-state index contributed by atoms with van der Waals surface area (Å²) in [6.07, 6.45) is 1.46. The molecule has 1 atom stereocenters. The predicted molar refractivity (Wildman–Crippen MR) is 80.5 cm³/mol. The monoisotopic (exact) mass is 299 g/mol. The fourth-order valence-electron chi connectivity index (χ4n) is 2.09. The molecule has 0 heterocycles. The van der Waals surface area contributed by atoms with E-state index in [9.17, 15) is 9.50 Å². The Kier molecular flexibility index (Phi) is 9.17. The number of nitrogens with zero attached hydrogens (tertiary/aromatic N) is 1. The number of aliphatic hydroxyl groups is 2. The standard InChI is InChI=1S/C16H26FNO3/c1-2-3-8-18(9-10-19)11-15(20)13-21-12-14-6-4-5-7-16(14)17/h4-7,15,19-20H,2-3,8-13H2,1H3. The maximum atomic E-state index is 13.4. The Morgan fingerprint density at radius 2 is 2.05 bits per heavy atom. The molecule has 0 aliphatic rings. The molecule has 21 heavy (non-hydrogen) atoms. The van der Waals surface area contributed by atoms with Crippen molar-refractivity contribution in [2.45, 2.75) is 32.5 Å². The highest BCUT2D eigenvalue weighted by atomic mass is 19.1. The zero-order chi connectivity index (χ0) is 15.5. The van der Waals surface area contributed by atoms with Gasteiger partial charge in [0.05, 0.1) is 25.9 Å². The van der Waals surface area contributed by atoms with Gasteiger partial charge in [-0.3, -0.25) is 4.90 Å². The summed E-state index contributed by atoms with van der Waals surface area (Å²) in [7, 11) is 0. The van der Waals surface area contributed by atoms with E-state index in [1.165, 1.54) is 6.07 Å². The third-order valence-corrected chi connectivity index (χ3v) is 3.24. The minimum atomic E-state index is -0.639. The molecular formula is C16H26FNO3. The highest BCUT2D eigenvalue weighted by Gasteiger charge is 2.11. The third-order valence-electron chi connectivity index (χ3n) is 3.24. The van der Waals surface area contributed by atoms with Gasteiger partial charge in [0.1, 0.15) is 5.82 Å². The van der Waals surface area contributed by atoms with Gasteiger partial charge in [-0.15, -0.1) is 0 Å². The molecule has 2 N–H and O–H groups in total. The number of rotatable bonds is 11. The lowest BCUT2D eigenvalue weighted by atomic mass is 10.2. The van der Waals surface area contributed by atoms with Gasteiger partial charge >= 0.3 is 0 Å². The molecule has 0 spiro atoms. The van der Waals surface area contributed by atoms with Crippen LogP contribution in [0.5, 0.6) is 0 Å². The van der Waals surface area contributed by atoms with Gasteiger partial charge in [0.25, 0.3) is 0 Å².